The summed E-state index contributed by atoms with van der Waals surface area (Å²) < 4.78 is 0.779. The lowest BCUT2D eigenvalue weighted by molar-refractivity contribution is 1.13. The normalized spacial score (nSPS) is 12.8. The van der Waals surface area contributed by atoms with Crippen LogP contribution in [0.1, 0.15) is 16.5 Å². The molecule has 1 atom stereocenters. The smallest absolute Gasteiger partial charge is 0.306 e. The van der Waals surface area contributed by atoms with E-state index in [0.717, 1.165) is 10.0 Å². The van der Waals surface area contributed by atoms with E-state index >= 15 is 0 Å². The Hall–Kier alpha value is -0.940. The first-order valence-electron chi connectivity index (χ1n) is 5.96. The number of fused-ring (bicyclic) bond motifs is 1. The summed E-state index contributed by atoms with van der Waals surface area (Å²) >= 11 is 22.2. The molecule has 2 aromatic carbocycles. The molecule has 3 rings (SSSR count). The van der Waals surface area contributed by atoms with Gasteiger partial charge in [0.1, 0.15) is 0 Å². The lowest BCUT2D eigenvalue weighted by atomic mass is 10.0. The van der Waals surface area contributed by atoms with E-state index in [-0.39, 0.29) is 5.69 Å². The standard InChI is InChI=1S/C14H8BrCl3N2O/c15-9-5-12-11(19-14(21)20-12)4-7(9)13(18)8-3-6(16)1-2-10(8)17/h1-5,13H,(H2,19,20,21). The van der Waals surface area contributed by atoms with Crippen molar-refractivity contribution in [3.63, 3.8) is 0 Å². The van der Waals surface area contributed by atoms with E-state index in [4.69, 9.17) is 34.8 Å². The van der Waals surface area contributed by atoms with Gasteiger partial charge < -0.3 is 9.97 Å². The molecule has 108 valence electrons. The Labute approximate surface area is 143 Å². The molecule has 0 radical (unpaired) electrons. The minimum atomic E-state index is -0.492. The SMILES string of the molecule is O=c1[nH]c2cc(Br)c(C(Cl)c3cc(Cl)ccc3Cl)cc2[nH]1. The van der Waals surface area contributed by atoms with Crippen LogP contribution >= 0.6 is 50.7 Å². The largest absolute Gasteiger partial charge is 0.323 e. The highest BCUT2D eigenvalue weighted by Gasteiger charge is 2.18. The fourth-order valence-corrected chi connectivity index (χ4v) is 3.67. The monoisotopic (exact) mass is 404 g/mol. The second-order valence-corrected chi connectivity index (χ2v) is 6.66. The number of aromatic amines is 2. The maximum Gasteiger partial charge on any atom is 0.323 e. The molecule has 3 aromatic rings. The van der Waals surface area contributed by atoms with Crippen LogP contribution in [0.2, 0.25) is 10.0 Å². The molecule has 2 N–H and O–H groups in total. The third-order valence-electron chi connectivity index (χ3n) is 3.14. The topological polar surface area (TPSA) is 48.6 Å². The average molecular weight is 406 g/mol. The Morgan fingerprint density at radius 2 is 1.67 bits per heavy atom. The van der Waals surface area contributed by atoms with Crippen LogP contribution in [-0.4, -0.2) is 9.97 Å². The summed E-state index contributed by atoms with van der Waals surface area (Å²) in [4.78, 5) is 16.8. The van der Waals surface area contributed by atoms with Gasteiger partial charge in [-0.2, -0.15) is 0 Å². The molecular weight excluding hydrogens is 398 g/mol. The molecular formula is C14H8BrCl3N2O. The fourth-order valence-electron chi connectivity index (χ4n) is 2.14. The van der Waals surface area contributed by atoms with Crippen molar-refractivity contribution in [1.29, 1.82) is 0 Å². The van der Waals surface area contributed by atoms with Gasteiger partial charge in [-0.25, -0.2) is 4.79 Å². The van der Waals surface area contributed by atoms with E-state index in [1.54, 1.807) is 24.3 Å². The van der Waals surface area contributed by atoms with E-state index in [9.17, 15) is 4.79 Å². The van der Waals surface area contributed by atoms with E-state index in [1.165, 1.54) is 0 Å². The molecule has 0 saturated carbocycles. The zero-order valence-corrected chi connectivity index (χ0v) is 14.2. The van der Waals surface area contributed by atoms with E-state index in [0.29, 0.717) is 26.6 Å². The van der Waals surface area contributed by atoms with Gasteiger partial charge in [0.15, 0.2) is 0 Å². The van der Waals surface area contributed by atoms with Crippen molar-refractivity contribution in [3.8, 4) is 0 Å². The maximum atomic E-state index is 11.4. The molecule has 3 nitrogen and oxygen atoms in total. The van der Waals surface area contributed by atoms with Crippen LogP contribution in [0.5, 0.6) is 0 Å². The molecule has 1 unspecified atom stereocenters. The third kappa shape index (κ3) is 2.86. The van der Waals surface area contributed by atoms with Gasteiger partial charge in [0.25, 0.3) is 0 Å². The summed E-state index contributed by atoms with van der Waals surface area (Å²) in [7, 11) is 0. The Morgan fingerprint density at radius 3 is 2.38 bits per heavy atom. The van der Waals surface area contributed by atoms with Crippen molar-refractivity contribution in [3.05, 3.63) is 66.5 Å². The van der Waals surface area contributed by atoms with Crippen LogP contribution < -0.4 is 5.69 Å². The van der Waals surface area contributed by atoms with Gasteiger partial charge in [0, 0.05) is 14.5 Å². The number of benzene rings is 2. The van der Waals surface area contributed by atoms with Crippen LogP contribution in [0.25, 0.3) is 11.0 Å². The molecule has 0 amide bonds. The minimum absolute atomic E-state index is 0.263. The van der Waals surface area contributed by atoms with Crippen molar-refractivity contribution < 1.29 is 0 Å². The van der Waals surface area contributed by atoms with Crippen molar-refractivity contribution in [2.45, 2.75) is 5.38 Å². The van der Waals surface area contributed by atoms with Gasteiger partial charge in [0.05, 0.1) is 16.4 Å². The quantitative estimate of drug-likeness (QED) is 0.561. The van der Waals surface area contributed by atoms with Crippen LogP contribution in [0, 0.1) is 0 Å². The minimum Gasteiger partial charge on any atom is -0.306 e. The average Bonchev–Trinajstić information content (AvgIpc) is 2.79. The molecule has 21 heavy (non-hydrogen) atoms. The lowest BCUT2D eigenvalue weighted by Crippen LogP contribution is -1.99. The highest BCUT2D eigenvalue weighted by Crippen LogP contribution is 2.39. The highest BCUT2D eigenvalue weighted by molar-refractivity contribution is 9.10. The molecule has 0 saturated heterocycles. The van der Waals surface area contributed by atoms with Gasteiger partial charge in [-0.1, -0.05) is 39.1 Å². The van der Waals surface area contributed by atoms with Crippen molar-refractivity contribution in [2.75, 3.05) is 0 Å². The summed E-state index contributed by atoms with van der Waals surface area (Å²) in [6, 6.07) is 8.76. The maximum absolute atomic E-state index is 11.4. The predicted octanol–water partition coefficient (Wildman–Crippen LogP) is 5.25. The highest BCUT2D eigenvalue weighted by atomic mass is 79.9. The predicted molar refractivity (Wildman–Crippen MR) is 90.8 cm³/mol. The van der Waals surface area contributed by atoms with Crippen LogP contribution in [0.15, 0.2) is 39.6 Å². The summed E-state index contributed by atoms with van der Waals surface area (Å²) in [5.74, 6) is 0. The molecule has 0 spiro atoms. The first-order valence-corrected chi connectivity index (χ1v) is 7.94. The molecule has 0 aliphatic carbocycles. The molecule has 1 heterocycles. The number of halogens is 4. The van der Waals surface area contributed by atoms with Gasteiger partial charge in [0.2, 0.25) is 0 Å². The first kappa shape index (κ1) is 15.0. The number of alkyl halides is 1. The molecule has 7 heteroatoms. The fraction of sp³-hybridized carbons (Fsp3) is 0.0714. The van der Waals surface area contributed by atoms with Gasteiger partial charge in [-0.05, 0) is 41.5 Å². The Bertz CT molecular complexity index is 888. The lowest BCUT2D eigenvalue weighted by Gasteiger charge is -2.14. The second-order valence-electron chi connectivity index (χ2n) is 4.53. The zero-order chi connectivity index (χ0) is 15.1. The van der Waals surface area contributed by atoms with Crippen LogP contribution in [-0.2, 0) is 0 Å². The van der Waals surface area contributed by atoms with Gasteiger partial charge in [-0.3, -0.25) is 0 Å². The van der Waals surface area contributed by atoms with Gasteiger partial charge >= 0.3 is 5.69 Å². The Kier molecular flexibility index (Phi) is 4.06. The number of imidazole rings is 1. The van der Waals surface area contributed by atoms with Crippen LogP contribution in [0.3, 0.4) is 0 Å². The number of aromatic nitrogens is 2. The zero-order valence-electron chi connectivity index (χ0n) is 10.4. The van der Waals surface area contributed by atoms with E-state index < -0.39 is 5.38 Å². The molecule has 0 fully saturated rings. The molecule has 0 aliphatic heterocycles. The Morgan fingerprint density at radius 1 is 1.00 bits per heavy atom. The van der Waals surface area contributed by atoms with Gasteiger partial charge in [-0.15, -0.1) is 11.6 Å². The number of hydrogen-bond acceptors (Lipinski definition) is 1. The second kappa shape index (κ2) is 5.69. The number of hydrogen-bond donors (Lipinski definition) is 2. The third-order valence-corrected chi connectivity index (χ3v) is 4.87. The first-order chi connectivity index (χ1) is 9.95. The Balaban J connectivity index is 2.16. The summed E-state index contributed by atoms with van der Waals surface area (Å²) in [5, 5.41) is 0.606. The summed E-state index contributed by atoms with van der Waals surface area (Å²) in [6.45, 7) is 0. The van der Waals surface area contributed by atoms with Crippen LogP contribution in [0.4, 0.5) is 0 Å². The van der Waals surface area contributed by atoms with Crippen molar-refractivity contribution in [1.82, 2.24) is 9.97 Å². The molecule has 0 aliphatic rings. The summed E-state index contributed by atoms with van der Waals surface area (Å²) in [5.41, 5.74) is 2.63. The van der Waals surface area contributed by atoms with Crippen molar-refractivity contribution in [2.24, 2.45) is 0 Å². The summed E-state index contributed by atoms with van der Waals surface area (Å²) in [6.07, 6.45) is 0. The number of rotatable bonds is 2. The van der Waals surface area contributed by atoms with Crippen molar-refractivity contribution >= 4 is 61.8 Å². The van der Waals surface area contributed by atoms with E-state index in [1.807, 2.05) is 6.07 Å². The number of H-pyrrole nitrogens is 2. The molecule has 1 aromatic heterocycles. The van der Waals surface area contributed by atoms with E-state index in [2.05, 4.69) is 25.9 Å². The number of nitrogens with one attached hydrogen (secondary N) is 2. The molecule has 0 bridgehead atoms.